The summed E-state index contributed by atoms with van der Waals surface area (Å²) in [6.45, 7) is 3.63. The molecule has 0 bridgehead atoms. The van der Waals surface area contributed by atoms with Gasteiger partial charge in [-0.25, -0.2) is 0 Å². The monoisotopic (exact) mass is 198 g/mol. The largest absolute Gasteiger partial charge is 0.387 e. The molecule has 1 rings (SSSR count). The van der Waals surface area contributed by atoms with E-state index in [0.29, 0.717) is 19.1 Å². The smallest absolute Gasteiger partial charge is 0.0969 e. The number of nitrogens with two attached hydrogens (primary N) is 1. The third kappa shape index (κ3) is 3.29. The molecule has 1 fully saturated rings. The number of methoxy groups -OCH3 is 1. The maximum atomic E-state index is 5.93. The van der Waals surface area contributed by atoms with E-state index in [1.807, 2.05) is 0 Å². The Labute approximate surface area is 86.7 Å². The molecule has 0 amide bonds. The first-order valence-electron chi connectivity index (χ1n) is 5.56. The van der Waals surface area contributed by atoms with Gasteiger partial charge in [0.2, 0.25) is 0 Å². The SMILES string of the molecule is CCC1CCC(C(N)=NCCOC)C1. The molecular formula is C11H22N2O. The number of aliphatic imine (C=N–C) groups is 1. The maximum Gasteiger partial charge on any atom is 0.0969 e. The van der Waals surface area contributed by atoms with Gasteiger partial charge in [-0.15, -0.1) is 0 Å². The van der Waals surface area contributed by atoms with Crippen molar-refractivity contribution in [2.24, 2.45) is 22.6 Å². The van der Waals surface area contributed by atoms with Gasteiger partial charge in [0.15, 0.2) is 0 Å². The van der Waals surface area contributed by atoms with Crippen LogP contribution in [0.1, 0.15) is 32.6 Å². The van der Waals surface area contributed by atoms with Gasteiger partial charge in [0.25, 0.3) is 0 Å². The third-order valence-corrected chi connectivity index (χ3v) is 3.13. The van der Waals surface area contributed by atoms with Crippen molar-refractivity contribution in [1.82, 2.24) is 0 Å². The second kappa shape index (κ2) is 6.02. The van der Waals surface area contributed by atoms with Crippen LogP contribution in [0.5, 0.6) is 0 Å². The zero-order chi connectivity index (χ0) is 10.4. The number of nitrogens with zero attached hydrogens (tertiary/aromatic N) is 1. The molecule has 2 unspecified atom stereocenters. The summed E-state index contributed by atoms with van der Waals surface area (Å²) in [5.41, 5.74) is 5.93. The van der Waals surface area contributed by atoms with Crippen molar-refractivity contribution in [3.05, 3.63) is 0 Å². The lowest BCUT2D eigenvalue weighted by molar-refractivity contribution is 0.208. The lowest BCUT2D eigenvalue weighted by Crippen LogP contribution is -2.22. The van der Waals surface area contributed by atoms with Crippen molar-refractivity contribution in [1.29, 1.82) is 0 Å². The molecule has 1 saturated carbocycles. The highest BCUT2D eigenvalue weighted by Gasteiger charge is 2.25. The molecule has 0 aromatic heterocycles. The second-order valence-electron chi connectivity index (χ2n) is 4.08. The molecule has 14 heavy (non-hydrogen) atoms. The summed E-state index contributed by atoms with van der Waals surface area (Å²) in [5.74, 6) is 2.26. The molecule has 0 radical (unpaired) electrons. The molecule has 2 N–H and O–H groups in total. The van der Waals surface area contributed by atoms with E-state index in [0.717, 1.165) is 11.8 Å². The van der Waals surface area contributed by atoms with E-state index in [2.05, 4.69) is 11.9 Å². The molecule has 0 saturated heterocycles. The number of rotatable bonds is 5. The Hall–Kier alpha value is -0.570. The van der Waals surface area contributed by atoms with Gasteiger partial charge in [0, 0.05) is 13.0 Å². The Morgan fingerprint density at radius 1 is 1.50 bits per heavy atom. The predicted molar refractivity (Wildman–Crippen MR) is 59.5 cm³/mol. The van der Waals surface area contributed by atoms with Crippen LogP contribution in [0.4, 0.5) is 0 Å². The van der Waals surface area contributed by atoms with Crippen molar-refractivity contribution in [2.75, 3.05) is 20.3 Å². The van der Waals surface area contributed by atoms with Crippen LogP contribution in [0.15, 0.2) is 4.99 Å². The fourth-order valence-electron chi connectivity index (χ4n) is 2.11. The third-order valence-electron chi connectivity index (χ3n) is 3.13. The van der Waals surface area contributed by atoms with Crippen LogP contribution in [-0.4, -0.2) is 26.1 Å². The van der Waals surface area contributed by atoms with Crippen LogP contribution < -0.4 is 5.73 Å². The molecule has 1 aliphatic carbocycles. The molecule has 0 aromatic carbocycles. The lowest BCUT2D eigenvalue weighted by Gasteiger charge is -2.09. The van der Waals surface area contributed by atoms with E-state index in [1.165, 1.54) is 25.7 Å². The molecule has 3 nitrogen and oxygen atoms in total. The Morgan fingerprint density at radius 2 is 2.29 bits per heavy atom. The van der Waals surface area contributed by atoms with Crippen molar-refractivity contribution >= 4 is 5.84 Å². The second-order valence-corrected chi connectivity index (χ2v) is 4.08. The first-order valence-corrected chi connectivity index (χ1v) is 5.56. The summed E-state index contributed by atoms with van der Waals surface area (Å²) in [6, 6.07) is 0. The Balaban J connectivity index is 2.30. The average molecular weight is 198 g/mol. The van der Waals surface area contributed by atoms with Crippen LogP contribution in [0.3, 0.4) is 0 Å². The van der Waals surface area contributed by atoms with Crippen LogP contribution in [-0.2, 0) is 4.74 Å². The Bertz CT molecular complexity index is 192. The molecule has 0 spiro atoms. The number of ether oxygens (including phenoxy) is 1. The topological polar surface area (TPSA) is 47.6 Å². The van der Waals surface area contributed by atoms with Gasteiger partial charge in [0.1, 0.15) is 0 Å². The quantitative estimate of drug-likeness (QED) is 0.416. The number of hydrogen-bond donors (Lipinski definition) is 1. The zero-order valence-electron chi connectivity index (χ0n) is 9.33. The normalized spacial score (nSPS) is 28.3. The molecular weight excluding hydrogens is 176 g/mol. The molecule has 1 aliphatic rings. The van der Waals surface area contributed by atoms with E-state index >= 15 is 0 Å². The summed E-state index contributed by atoms with van der Waals surface area (Å²) in [5, 5.41) is 0. The van der Waals surface area contributed by atoms with Crippen LogP contribution >= 0.6 is 0 Å². The van der Waals surface area contributed by atoms with Gasteiger partial charge >= 0.3 is 0 Å². The first-order chi connectivity index (χ1) is 6.77. The van der Waals surface area contributed by atoms with Crippen molar-refractivity contribution in [2.45, 2.75) is 32.6 Å². The molecule has 82 valence electrons. The molecule has 0 heterocycles. The van der Waals surface area contributed by atoms with Gasteiger partial charge in [-0.2, -0.15) is 0 Å². The zero-order valence-corrected chi connectivity index (χ0v) is 9.33. The molecule has 3 heteroatoms. The highest BCUT2D eigenvalue weighted by molar-refractivity contribution is 5.83. The minimum atomic E-state index is 0.539. The fourth-order valence-corrected chi connectivity index (χ4v) is 2.11. The standard InChI is InChI=1S/C11H22N2O/c1-3-9-4-5-10(8-9)11(12)13-6-7-14-2/h9-10H,3-8H2,1-2H3,(H2,12,13). The predicted octanol–water partition coefficient (Wildman–Crippen LogP) is 1.82. The van der Waals surface area contributed by atoms with Crippen molar-refractivity contribution < 1.29 is 4.74 Å². The maximum absolute atomic E-state index is 5.93. The summed E-state index contributed by atoms with van der Waals surface area (Å²) in [7, 11) is 1.69. The van der Waals surface area contributed by atoms with Crippen LogP contribution in [0.2, 0.25) is 0 Å². The van der Waals surface area contributed by atoms with E-state index in [1.54, 1.807) is 7.11 Å². The molecule has 0 aromatic rings. The Morgan fingerprint density at radius 3 is 2.86 bits per heavy atom. The average Bonchev–Trinajstić information content (AvgIpc) is 2.66. The van der Waals surface area contributed by atoms with Gasteiger partial charge in [-0.05, 0) is 25.2 Å². The highest BCUT2D eigenvalue weighted by Crippen LogP contribution is 2.32. The Kier molecular flexibility index (Phi) is 4.94. The van der Waals surface area contributed by atoms with Gasteiger partial charge in [0.05, 0.1) is 19.0 Å². The molecule has 0 aliphatic heterocycles. The first kappa shape index (κ1) is 11.5. The number of hydrogen-bond acceptors (Lipinski definition) is 2. The summed E-state index contributed by atoms with van der Waals surface area (Å²) in [4.78, 5) is 4.33. The van der Waals surface area contributed by atoms with E-state index < -0.39 is 0 Å². The van der Waals surface area contributed by atoms with Crippen molar-refractivity contribution in [3.63, 3.8) is 0 Å². The van der Waals surface area contributed by atoms with E-state index in [9.17, 15) is 0 Å². The number of amidine groups is 1. The van der Waals surface area contributed by atoms with E-state index in [4.69, 9.17) is 10.5 Å². The van der Waals surface area contributed by atoms with Gasteiger partial charge in [-0.3, -0.25) is 4.99 Å². The summed E-state index contributed by atoms with van der Waals surface area (Å²) >= 11 is 0. The van der Waals surface area contributed by atoms with Crippen LogP contribution in [0.25, 0.3) is 0 Å². The minimum Gasteiger partial charge on any atom is -0.387 e. The van der Waals surface area contributed by atoms with Crippen molar-refractivity contribution in [3.8, 4) is 0 Å². The van der Waals surface area contributed by atoms with Crippen LogP contribution in [0, 0.1) is 11.8 Å². The lowest BCUT2D eigenvalue weighted by atomic mass is 10.0. The molecule has 2 atom stereocenters. The minimum absolute atomic E-state index is 0.539. The van der Waals surface area contributed by atoms with Gasteiger partial charge in [-0.1, -0.05) is 13.3 Å². The highest BCUT2D eigenvalue weighted by atomic mass is 16.5. The van der Waals surface area contributed by atoms with E-state index in [-0.39, 0.29) is 0 Å². The summed E-state index contributed by atoms with van der Waals surface area (Å²) in [6.07, 6.45) is 5.06. The fraction of sp³-hybridized carbons (Fsp3) is 0.909. The summed E-state index contributed by atoms with van der Waals surface area (Å²) < 4.78 is 4.93. The van der Waals surface area contributed by atoms with Gasteiger partial charge < -0.3 is 10.5 Å².